The van der Waals surface area contributed by atoms with E-state index in [0.717, 1.165) is 11.1 Å². The molecule has 6 aromatic rings. The lowest BCUT2D eigenvalue weighted by Gasteiger charge is -2.09. The smallest absolute Gasteiger partial charge is 0.504 e. The van der Waals surface area contributed by atoms with Gasteiger partial charge in [0.25, 0.3) is 0 Å². The molecule has 3 nitrogen and oxygen atoms in total. The standard InChI is InChI=1S/C30H22BNO2/c33-31-34-26-17-14-22(15-18-26)21-10-12-23(13-11-21)24-16-19-30-28(20-24)27-8-4-5-9-29(27)32(30)25-6-2-1-3-7-25/h1-20,31,33H. The lowest BCUT2D eigenvalue weighted by molar-refractivity contribution is 0.454. The van der Waals surface area contributed by atoms with Crippen LogP contribution in [0.4, 0.5) is 0 Å². The van der Waals surface area contributed by atoms with Gasteiger partial charge in [-0.05, 0) is 64.7 Å². The molecule has 0 atom stereocenters. The molecule has 1 heterocycles. The van der Waals surface area contributed by atoms with Crippen LogP contribution in [0.15, 0.2) is 121 Å². The first kappa shape index (κ1) is 20.3. The summed E-state index contributed by atoms with van der Waals surface area (Å²) in [5.74, 6) is 0.658. The summed E-state index contributed by atoms with van der Waals surface area (Å²) in [6.07, 6.45) is 0. The molecule has 0 aliphatic heterocycles. The van der Waals surface area contributed by atoms with E-state index in [-0.39, 0.29) is 7.69 Å². The Morgan fingerprint density at radius 2 is 1.09 bits per heavy atom. The van der Waals surface area contributed by atoms with Crippen molar-refractivity contribution in [2.75, 3.05) is 0 Å². The van der Waals surface area contributed by atoms with E-state index in [9.17, 15) is 0 Å². The highest BCUT2D eigenvalue weighted by Gasteiger charge is 2.13. The minimum atomic E-state index is -0.317. The number of nitrogens with zero attached hydrogens (tertiary/aromatic N) is 1. The molecule has 4 heteroatoms. The van der Waals surface area contributed by atoms with E-state index in [1.54, 1.807) is 0 Å². The van der Waals surface area contributed by atoms with Crippen LogP contribution in [0.25, 0.3) is 49.7 Å². The van der Waals surface area contributed by atoms with Crippen LogP contribution >= 0.6 is 0 Å². The number of hydrogen-bond donors (Lipinski definition) is 1. The number of aromatic nitrogens is 1. The molecule has 34 heavy (non-hydrogen) atoms. The minimum absolute atomic E-state index is 0.317. The zero-order valence-electron chi connectivity index (χ0n) is 18.6. The van der Waals surface area contributed by atoms with E-state index in [4.69, 9.17) is 9.68 Å². The summed E-state index contributed by atoms with van der Waals surface area (Å²) in [6.45, 7) is 0. The maximum atomic E-state index is 8.91. The third kappa shape index (κ3) is 3.55. The molecule has 0 amide bonds. The van der Waals surface area contributed by atoms with Crippen LogP contribution in [0.1, 0.15) is 0 Å². The third-order valence-electron chi connectivity index (χ3n) is 6.32. The first-order valence-corrected chi connectivity index (χ1v) is 11.3. The largest absolute Gasteiger partial charge is 0.539 e. The topological polar surface area (TPSA) is 34.4 Å². The SMILES string of the molecule is OBOc1ccc(-c2ccc(-c3ccc4c(c3)c3ccccc3n4-c3ccccc3)cc2)cc1. The molecule has 162 valence electrons. The van der Waals surface area contributed by atoms with Gasteiger partial charge < -0.3 is 14.2 Å². The Balaban J connectivity index is 1.41. The molecular weight excluding hydrogens is 417 g/mol. The highest BCUT2D eigenvalue weighted by atomic mass is 16.5. The summed E-state index contributed by atoms with van der Waals surface area (Å²) in [7, 11) is -0.317. The highest BCUT2D eigenvalue weighted by molar-refractivity contribution is 6.17. The van der Waals surface area contributed by atoms with Gasteiger partial charge in [-0.25, -0.2) is 0 Å². The fraction of sp³-hybridized carbons (Fsp3) is 0. The van der Waals surface area contributed by atoms with Gasteiger partial charge in [0.2, 0.25) is 0 Å². The molecule has 0 aliphatic rings. The van der Waals surface area contributed by atoms with Crippen molar-refractivity contribution in [2.45, 2.75) is 0 Å². The van der Waals surface area contributed by atoms with Crippen molar-refractivity contribution in [1.29, 1.82) is 0 Å². The van der Waals surface area contributed by atoms with Crippen LogP contribution in [-0.4, -0.2) is 17.3 Å². The lowest BCUT2D eigenvalue weighted by Crippen LogP contribution is -1.99. The minimum Gasteiger partial charge on any atom is -0.539 e. The Kier molecular flexibility index (Phi) is 5.13. The fourth-order valence-corrected chi connectivity index (χ4v) is 4.68. The van der Waals surface area contributed by atoms with Crippen LogP contribution in [-0.2, 0) is 0 Å². The molecule has 5 aromatic carbocycles. The van der Waals surface area contributed by atoms with Crippen LogP contribution in [0.2, 0.25) is 0 Å². The average molecular weight is 439 g/mol. The molecule has 0 fully saturated rings. The Bertz CT molecular complexity index is 1590. The van der Waals surface area contributed by atoms with E-state index in [2.05, 4.69) is 102 Å². The van der Waals surface area contributed by atoms with Crippen LogP contribution < -0.4 is 4.65 Å². The molecule has 1 aromatic heterocycles. The summed E-state index contributed by atoms with van der Waals surface area (Å²) in [6, 6.07) is 42.2. The van der Waals surface area contributed by atoms with E-state index in [1.165, 1.54) is 38.6 Å². The van der Waals surface area contributed by atoms with Crippen molar-refractivity contribution >= 4 is 29.5 Å². The molecule has 0 bridgehead atoms. The van der Waals surface area contributed by atoms with Gasteiger partial charge >= 0.3 is 7.69 Å². The third-order valence-corrected chi connectivity index (χ3v) is 6.32. The van der Waals surface area contributed by atoms with E-state index < -0.39 is 0 Å². The second-order valence-electron chi connectivity index (χ2n) is 8.30. The first-order chi connectivity index (χ1) is 16.8. The number of rotatable bonds is 5. The van der Waals surface area contributed by atoms with Crippen molar-refractivity contribution in [2.24, 2.45) is 0 Å². The van der Waals surface area contributed by atoms with Gasteiger partial charge in [0.05, 0.1) is 11.0 Å². The summed E-state index contributed by atoms with van der Waals surface area (Å²) in [5.41, 5.74) is 8.22. The molecule has 0 saturated carbocycles. The van der Waals surface area contributed by atoms with Gasteiger partial charge in [0, 0.05) is 16.5 Å². The molecule has 0 radical (unpaired) electrons. The number of hydrogen-bond acceptors (Lipinski definition) is 2. The second-order valence-corrected chi connectivity index (χ2v) is 8.30. The number of fused-ring (bicyclic) bond motifs is 3. The number of para-hydroxylation sites is 2. The molecule has 0 aliphatic carbocycles. The van der Waals surface area contributed by atoms with Crippen LogP contribution in [0.3, 0.4) is 0 Å². The molecule has 0 saturated heterocycles. The predicted octanol–water partition coefficient (Wildman–Crippen LogP) is 6.76. The first-order valence-electron chi connectivity index (χ1n) is 11.3. The van der Waals surface area contributed by atoms with Crippen molar-refractivity contribution < 1.29 is 9.68 Å². The molecule has 0 unspecified atom stereocenters. The van der Waals surface area contributed by atoms with Crippen molar-refractivity contribution in [1.82, 2.24) is 4.57 Å². The zero-order chi connectivity index (χ0) is 22.9. The summed E-state index contributed by atoms with van der Waals surface area (Å²) in [4.78, 5) is 0. The van der Waals surface area contributed by atoms with E-state index in [0.29, 0.717) is 5.75 Å². The number of benzene rings is 5. The van der Waals surface area contributed by atoms with Crippen LogP contribution in [0.5, 0.6) is 5.75 Å². The molecule has 6 rings (SSSR count). The highest BCUT2D eigenvalue weighted by Crippen LogP contribution is 2.35. The Morgan fingerprint density at radius 3 is 1.79 bits per heavy atom. The molecule has 0 spiro atoms. The van der Waals surface area contributed by atoms with Gasteiger partial charge in [-0.2, -0.15) is 0 Å². The van der Waals surface area contributed by atoms with Gasteiger partial charge in [0.1, 0.15) is 5.75 Å². The van der Waals surface area contributed by atoms with Crippen molar-refractivity contribution in [3.63, 3.8) is 0 Å². The van der Waals surface area contributed by atoms with Gasteiger partial charge in [-0.3, -0.25) is 0 Å². The van der Waals surface area contributed by atoms with Crippen LogP contribution in [0, 0.1) is 0 Å². The lowest BCUT2D eigenvalue weighted by atomic mass is 9.99. The summed E-state index contributed by atoms with van der Waals surface area (Å²) in [5, 5.41) is 11.4. The maximum absolute atomic E-state index is 8.91. The maximum Gasteiger partial charge on any atom is 0.504 e. The fourth-order valence-electron chi connectivity index (χ4n) is 4.68. The quantitative estimate of drug-likeness (QED) is 0.302. The predicted molar refractivity (Wildman–Crippen MR) is 142 cm³/mol. The van der Waals surface area contributed by atoms with Crippen molar-refractivity contribution in [3.05, 3.63) is 121 Å². The van der Waals surface area contributed by atoms with Crippen molar-refractivity contribution in [3.8, 4) is 33.7 Å². The normalized spacial score (nSPS) is 11.1. The Labute approximate surface area is 198 Å². The summed E-state index contributed by atoms with van der Waals surface area (Å²) >= 11 is 0. The monoisotopic (exact) mass is 439 g/mol. The summed E-state index contributed by atoms with van der Waals surface area (Å²) < 4.78 is 7.46. The van der Waals surface area contributed by atoms with E-state index in [1.807, 2.05) is 24.3 Å². The Morgan fingerprint density at radius 1 is 0.529 bits per heavy atom. The van der Waals surface area contributed by atoms with Gasteiger partial charge in [0.15, 0.2) is 0 Å². The zero-order valence-corrected chi connectivity index (χ0v) is 18.6. The average Bonchev–Trinajstić information content (AvgIpc) is 3.24. The molecular formula is C30H22BNO2. The van der Waals surface area contributed by atoms with Gasteiger partial charge in [-0.1, -0.05) is 78.9 Å². The Hall–Kier alpha value is -4.28. The van der Waals surface area contributed by atoms with Gasteiger partial charge in [-0.15, -0.1) is 0 Å². The molecule has 1 N–H and O–H groups in total. The van der Waals surface area contributed by atoms with E-state index >= 15 is 0 Å². The second kappa shape index (κ2) is 8.58.